The number of carbonyl (C=O) groups is 5. The van der Waals surface area contributed by atoms with E-state index in [1.807, 2.05) is 12.1 Å². The van der Waals surface area contributed by atoms with Crippen LogP contribution in [0.4, 0.5) is 0 Å². The summed E-state index contributed by atoms with van der Waals surface area (Å²) in [4.78, 5) is 85.5. The molecule has 0 aliphatic heterocycles. The number of hydrogen-bond donors (Lipinski definition) is 6. The van der Waals surface area contributed by atoms with Gasteiger partial charge >= 0.3 is 23.1 Å². The fourth-order valence-electron chi connectivity index (χ4n) is 4.73. The van der Waals surface area contributed by atoms with Gasteiger partial charge in [0.2, 0.25) is 0 Å². The predicted molar refractivity (Wildman–Crippen MR) is 272 cm³/mol. The van der Waals surface area contributed by atoms with E-state index in [4.69, 9.17) is 68.8 Å². The summed E-state index contributed by atoms with van der Waals surface area (Å²) in [5.41, 5.74) is 0.146. The number of nitrogens with one attached hydrogen (secondary N) is 2. The van der Waals surface area contributed by atoms with Crippen molar-refractivity contribution in [1.82, 2.24) is 21.1 Å². The first-order chi connectivity index (χ1) is 29.9. The van der Waals surface area contributed by atoms with Crippen LogP contribution in [-0.4, -0.2) is 79.9 Å². The minimum absolute atomic E-state index is 0. The second kappa shape index (κ2) is 33.9. The van der Waals surface area contributed by atoms with Gasteiger partial charge in [-0.15, -0.1) is 0 Å². The number of aromatic amines is 2. The number of para-hydroxylation sites is 3. The Kier molecular flexibility index (Phi) is 34.5. The molecule has 0 amide bonds. The zero-order valence-corrected chi connectivity index (χ0v) is 40.2. The van der Waals surface area contributed by atoms with Gasteiger partial charge in [0.05, 0.1) is 40.9 Å². The van der Waals surface area contributed by atoms with Crippen LogP contribution in [0.15, 0.2) is 82.4 Å². The SMILES string of the molecule is C.C.C.CC(=O)O.CC(=O)O.CCOC(=O)c1c(Cl)c2ccccc2[nH]c1=O.CCOC(=O)c1c(Cl)nc2ccccc2c1Cl.CCOC(=O)c1c(O)c2ccccc2[nH]c1=O.N.O=P(Cl)(Cl)Cl. The van der Waals surface area contributed by atoms with Crippen molar-refractivity contribution in [1.29, 1.82) is 0 Å². The molecule has 0 aliphatic carbocycles. The number of fused-ring (bicyclic) bond motifs is 3. The van der Waals surface area contributed by atoms with E-state index in [0.717, 1.165) is 13.8 Å². The van der Waals surface area contributed by atoms with E-state index in [9.17, 15) is 33.6 Å². The lowest BCUT2D eigenvalue weighted by Crippen LogP contribution is -2.20. The second-order valence-corrected chi connectivity index (χ2v) is 19.4. The van der Waals surface area contributed by atoms with Gasteiger partial charge in [0.25, 0.3) is 23.1 Å². The molecule has 3 aromatic carbocycles. The summed E-state index contributed by atoms with van der Waals surface area (Å²) in [6.07, 6.45) is 0. The molecule has 6 aromatic rings. The molecule has 18 nitrogen and oxygen atoms in total. The van der Waals surface area contributed by atoms with E-state index < -0.39 is 46.2 Å². The number of nitrogens with zero attached hydrogens (tertiary/aromatic N) is 1. The summed E-state index contributed by atoms with van der Waals surface area (Å²) in [7, 11) is 0. The number of benzene rings is 3. The van der Waals surface area contributed by atoms with Crippen LogP contribution in [0.1, 0.15) is 88.0 Å². The summed E-state index contributed by atoms with van der Waals surface area (Å²) >= 11 is 32.0. The van der Waals surface area contributed by atoms with E-state index in [1.54, 1.807) is 81.4 Å². The Labute approximate surface area is 421 Å². The lowest BCUT2D eigenvalue weighted by Gasteiger charge is -2.08. The third-order valence-electron chi connectivity index (χ3n) is 6.98. The third kappa shape index (κ3) is 23.0. The first kappa shape index (κ1) is 69.1. The van der Waals surface area contributed by atoms with Gasteiger partial charge in [-0.1, -0.05) is 106 Å². The summed E-state index contributed by atoms with van der Waals surface area (Å²) in [6.45, 7) is 7.78. The Morgan fingerprint density at radius 3 is 1.32 bits per heavy atom. The van der Waals surface area contributed by atoms with Crippen LogP contribution in [-0.2, 0) is 28.4 Å². The van der Waals surface area contributed by atoms with Gasteiger partial charge in [0.15, 0.2) is 5.56 Å². The summed E-state index contributed by atoms with van der Waals surface area (Å²) < 4.78 is 23.9. The van der Waals surface area contributed by atoms with Gasteiger partial charge in [-0.25, -0.2) is 19.4 Å². The smallest absolute Gasteiger partial charge is 0.347 e. The molecule has 68 heavy (non-hydrogen) atoms. The van der Waals surface area contributed by atoms with Crippen molar-refractivity contribution < 1.29 is 58.1 Å². The molecule has 6 rings (SSSR count). The highest BCUT2D eigenvalue weighted by atomic mass is 36.0. The minimum atomic E-state index is -3.22. The van der Waals surface area contributed by atoms with Gasteiger partial charge in [0.1, 0.15) is 22.0 Å². The molecule has 0 bridgehead atoms. The van der Waals surface area contributed by atoms with Gasteiger partial charge in [-0.2, -0.15) is 0 Å². The number of H-pyrrole nitrogens is 2. The van der Waals surface area contributed by atoms with Crippen LogP contribution < -0.4 is 17.3 Å². The number of rotatable bonds is 6. The van der Waals surface area contributed by atoms with Gasteiger partial charge in [-0.3, -0.25) is 23.7 Å². The molecule has 25 heteroatoms. The average Bonchev–Trinajstić information content (AvgIpc) is 3.18. The molecule has 0 radical (unpaired) electrons. The normalized spacial score (nSPS) is 9.46. The van der Waals surface area contributed by atoms with Crippen molar-refractivity contribution >= 4 is 136 Å². The third-order valence-corrected chi connectivity index (χ3v) is 8.03. The van der Waals surface area contributed by atoms with Crippen LogP contribution in [0, 0.1) is 0 Å². The van der Waals surface area contributed by atoms with E-state index in [1.165, 1.54) is 0 Å². The summed E-state index contributed by atoms with van der Waals surface area (Å²) in [6, 6.07) is 20.9. The monoisotopic (exact) mass is 1090 g/mol. The average molecular weight is 1090 g/mol. The first-order valence-electron chi connectivity index (χ1n) is 17.9. The molecule has 0 saturated carbocycles. The molecular formula is C43H53Cl6N4O14P. The largest absolute Gasteiger partial charge is 0.506 e. The lowest BCUT2D eigenvalue weighted by molar-refractivity contribution is -0.135. The van der Waals surface area contributed by atoms with Gasteiger partial charge in [0, 0.05) is 35.5 Å². The number of carboxylic acids is 2. The van der Waals surface area contributed by atoms with Gasteiger partial charge < -0.3 is 45.6 Å². The number of carbonyl (C=O) groups excluding carboxylic acids is 3. The maximum absolute atomic E-state index is 11.7. The van der Waals surface area contributed by atoms with Crippen LogP contribution in [0.2, 0.25) is 15.2 Å². The first-order valence-corrected chi connectivity index (χ1v) is 23.4. The number of hydrogen-bond acceptors (Lipinski definition) is 14. The minimum Gasteiger partial charge on any atom is -0.506 e. The highest BCUT2D eigenvalue weighted by Crippen LogP contribution is 2.61. The van der Waals surface area contributed by atoms with Crippen LogP contribution in [0.5, 0.6) is 5.75 Å². The summed E-state index contributed by atoms with van der Waals surface area (Å²) in [5.74, 6) is -4.09. The number of esters is 3. The molecule has 0 atom stereocenters. The van der Waals surface area contributed by atoms with E-state index >= 15 is 0 Å². The fourth-order valence-corrected chi connectivity index (χ4v) is 5.69. The number of ether oxygens (including phenoxy) is 3. The highest BCUT2D eigenvalue weighted by molar-refractivity contribution is 8.24. The molecule has 3 aromatic heterocycles. The second-order valence-electron chi connectivity index (χ2n) is 11.6. The van der Waals surface area contributed by atoms with Crippen molar-refractivity contribution in [3.63, 3.8) is 0 Å². The number of aromatic hydroxyl groups is 1. The molecule has 0 fully saturated rings. The Bertz CT molecular complexity index is 2640. The maximum Gasteiger partial charge on any atom is 0.347 e. The van der Waals surface area contributed by atoms with Crippen molar-refractivity contribution in [2.24, 2.45) is 0 Å². The number of aliphatic carboxylic acids is 2. The summed E-state index contributed by atoms with van der Waals surface area (Å²) in [5, 5.41) is 23.7. The fraction of sp³-hybridized carbons (Fsp3) is 0.256. The zero-order valence-electron chi connectivity index (χ0n) is 34.8. The maximum atomic E-state index is 11.7. The van der Waals surface area contributed by atoms with Crippen LogP contribution in [0.3, 0.4) is 0 Å². The van der Waals surface area contributed by atoms with Crippen molar-refractivity contribution in [2.75, 3.05) is 19.8 Å². The van der Waals surface area contributed by atoms with Crippen LogP contribution >= 0.6 is 73.7 Å². The molecule has 376 valence electrons. The van der Waals surface area contributed by atoms with Crippen molar-refractivity contribution in [2.45, 2.75) is 56.9 Å². The Hall–Kier alpha value is -5.43. The molecule has 0 saturated heterocycles. The zero-order chi connectivity index (χ0) is 48.9. The highest BCUT2D eigenvalue weighted by Gasteiger charge is 2.22. The lowest BCUT2D eigenvalue weighted by atomic mass is 10.1. The number of pyridine rings is 3. The number of carboxylic acid groups (broad SMARTS) is 2. The van der Waals surface area contributed by atoms with Crippen LogP contribution in [0.25, 0.3) is 32.7 Å². The molecule has 0 unspecified atom stereocenters. The topological polar surface area (TPSA) is 304 Å². The van der Waals surface area contributed by atoms with Gasteiger partial charge in [-0.05, 0) is 78.8 Å². The Morgan fingerprint density at radius 2 is 0.897 bits per heavy atom. The quantitative estimate of drug-likeness (QED) is 0.0391. The number of aromatic nitrogens is 3. The standard InChI is InChI=1S/C12H9Cl2NO2.C12H10ClNO3.C12H11NO4.2C2H4O2.3CH4.Cl3OP.H3N/c1-2-17-12(16)9-10(13)7-5-3-4-6-8(7)15-11(9)14;1-2-17-12(16)9-10(13)7-5-3-4-6-8(7)14-11(9)15;1-2-17-12(16)9-10(14)7-5-3-4-6-8(7)13-11(9)15;2*1-2(3)4;;;;1-5(2,3)4;/h3-6H,2H2,1H3;3-6H,2H2,1H3,(H,14,15);3-6H,2H2,1H3,(H2,13,14,15);2*1H3,(H,3,4);3*1H4;;1H3. The van der Waals surface area contributed by atoms with Crippen molar-refractivity contribution in [3.8, 4) is 5.75 Å². The Balaban J connectivity index is -0.000000389. The molecule has 0 aliphatic rings. The van der Waals surface area contributed by atoms with E-state index in [2.05, 4.69) is 48.7 Å². The van der Waals surface area contributed by atoms with Crippen molar-refractivity contribution in [3.05, 3.63) is 125 Å². The molecular weight excluding hydrogens is 1040 g/mol. The molecule has 3 heterocycles. The number of halogens is 6. The molecule has 0 spiro atoms. The molecule has 8 N–H and O–H groups in total. The Morgan fingerprint density at radius 1 is 0.588 bits per heavy atom. The van der Waals surface area contributed by atoms with E-state index in [-0.39, 0.29) is 85.9 Å². The van der Waals surface area contributed by atoms with E-state index in [0.29, 0.717) is 32.7 Å². The predicted octanol–water partition coefficient (Wildman–Crippen LogP) is 12.5.